The number of carbonyl (C=O) groups is 3. The molecular formula is C25H26F2N4O4. The molecule has 3 atom stereocenters. The molecule has 0 saturated carbocycles. The predicted molar refractivity (Wildman–Crippen MR) is 123 cm³/mol. The van der Waals surface area contributed by atoms with E-state index in [1.165, 1.54) is 6.07 Å². The fourth-order valence-electron chi connectivity index (χ4n) is 5.60. The second-order valence-electron chi connectivity index (χ2n) is 9.39. The van der Waals surface area contributed by atoms with Gasteiger partial charge in [-0.1, -0.05) is 30.3 Å². The number of para-hydroxylation sites is 1. The first-order valence-corrected chi connectivity index (χ1v) is 11.6. The second-order valence-corrected chi connectivity index (χ2v) is 9.39. The van der Waals surface area contributed by atoms with Gasteiger partial charge < -0.3 is 20.3 Å². The van der Waals surface area contributed by atoms with Crippen LogP contribution in [0.2, 0.25) is 0 Å². The van der Waals surface area contributed by atoms with Gasteiger partial charge in [-0.15, -0.1) is 0 Å². The number of nitrogens with one attached hydrogen (secondary N) is 2. The van der Waals surface area contributed by atoms with E-state index < -0.39 is 24.1 Å². The van der Waals surface area contributed by atoms with E-state index in [9.17, 15) is 23.2 Å². The van der Waals surface area contributed by atoms with Gasteiger partial charge in [-0.2, -0.15) is 8.78 Å². The molecule has 5 rings (SSSR count). The van der Waals surface area contributed by atoms with E-state index in [-0.39, 0.29) is 30.4 Å². The predicted octanol–water partition coefficient (Wildman–Crippen LogP) is 4.25. The first-order valence-electron chi connectivity index (χ1n) is 11.6. The number of rotatable bonds is 5. The summed E-state index contributed by atoms with van der Waals surface area (Å²) in [4.78, 5) is 42.2. The average Bonchev–Trinajstić information content (AvgIpc) is 3.20. The van der Waals surface area contributed by atoms with E-state index in [0.29, 0.717) is 24.1 Å². The molecule has 2 aromatic carbocycles. The molecule has 8 nitrogen and oxygen atoms in total. The standard InChI is InChI=1S/C25H26F2N4O4/c1-15-5-4-7-17(11-15)28-23(33)31-18-9-10-19(31)13-25(12-18)21(32)30(24(34)29-25)14-16-6-2-3-8-20(16)35-22(26)27/h2-8,11,18-19,22H,9-10,12-14H2,1H3,(H,28,33)(H,29,34)/t18-,19+,25?. The molecule has 2 bridgehead atoms. The Morgan fingerprint density at radius 3 is 2.54 bits per heavy atom. The summed E-state index contributed by atoms with van der Waals surface area (Å²) in [5, 5.41) is 5.80. The van der Waals surface area contributed by atoms with E-state index >= 15 is 0 Å². The van der Waals surface area contributed by atoms with Crippen molar-refractivity contribution in [1.82, 2.24) is 15.1 Å². The number of carbonyl (C=O) groups excluding carboxylic acids is 3. The van der Waals surface area contributed by atoms with Crippen molar-refractivity contribution in [1.29, 1.82) is 0 Å². The van der Waals surface area contributed by atoms with Crippen molar-refractivity contribution in [3.63, 3.8) is 0 Å². The van der Waals surface area contributed by atoms with Gasteiger partial charge in [0, 0.05) is 36.2 Å². The van der Waals surface area contributed by atoms with Crippen molar-refractivity contribution in [3.05, 3.63) is 59.7 Å². The Bertz CT molecular complexity index is 1160. The number of urea groups is 2. The number of aryl methyl sites for hydroxylation is 1. The van der Waals surface area contributed by atoms with Crippen LogP contribution in [0.1, 0.15) is 36.8 Å². The molecular weight excluding hydrogens is 458 g/mol. The second kappa shape index (κ2) is 8.83. The van der Waals surface area contributed by atoms with Crippen LogP contribution in [0.5, 0.6) is 5.75 Å². The molecule has 35 heavy (non-hydrogen) atoms. The summed E-state index contributed by atoms with van der Waals surface area (Å²) >= 11 is 0. The summed E-state index contributed by atoms with van der Waals surface area (Å²) < 4.78 is 30.1. The van der Waals surface area contributed by atoms with E-state index in [4.69, 9.17) is 0 Å². The SMILES string of the molecule is Cc1cccc(NC(=O)N2[C@@H]3CC[C@H]2CC2(C3)NC(=O)N(Cc3ccccc3OC(F)F)C2=O)c1. The number of imide groups is 1. The normalized spacial score (nSPS) is 25.4. The van der Waals surface area contributed by atoms with Crippen molar-refractivity contribution in [2.75, 3.05) is 5.32 Å². The van der Waals surface area contributed by atoms with Crippen molar-refractivity contribution in [3.8, 4) is 5.75 Å². The summed E-state index contributed by atoms with van der Waals surface area (Å²) in [6.07, 6.45) is 2.09. The Labute approximate surface area is 201 Å². The maximum Gasteiger partial charge on any atom is 0.387 e. The lowest BCUT2D eigenvalue weighted by atomic mass is 9.82. The Kier molecular flexibility index (Phi) is 5.82. The fourth-order valence-corrected chi connectivity index (χ4v) is 5.60. The van der Waals surface area contributed by atoms with Crippen LogP contribution in [0, 0.1) is 6.92 Å². The van der Waals surface area contributed by atoms with E-state index in [0.717, 1.165) is 23.3 Å². The van der Waals surface area contributed by atoms with Crippen molar-refractivity contribution in [2.24, 2.45) is 0 Å². The molecule has 2 N–H and O–H groups in total. The quantitative estimate of drug-likeness (QED) is 0.621. The number of halogens is 2. The van der Waals surface area contributed by atoms with Crippen LogP contribution in [0.3, 0.4) is 0 Å². The highest BCUT2D eigenvalue weighted by atomic mass is 19.3. The number of amides is 5. The van der Waals surface area contributed by atoms with Gasteiger partial charge in [-0.25, -0.2) is 9.59 Å². The maximum absolute atomic E-state index is 13.5. The number of alkyl halides is 2. The van der Waals surface area contributed by atoms with Gasteiger partial charge in [0.15, 0.2) is 0 Å². The third-order valence-corrected chi connectivity index (χ3v) is 7.05. The van der Waals surface area contributed by atoms with Crippen LogP contribution in [0.25, 0.3) is 0 Å². The number of benzene rings is 2. The lowest BCUT2D eigenvalue weighted by Crippen LogP contribution is -2.60. The molecule has 3 heterocycles. The van der Waals surface area contributed by atoms with Crippen molar-refractivity contribution < 1.29 is 27.9 Å². The summed E-state index contributed by atoms with van der Waals surface area (Å²) in [5.41, 5.74) is 0.937. The average molecular weight is 485 g/mol. The number of nitrogens with zero attached hydrogens (tertiary/aromatic N) is 2. The zero-order valence-electron chi connectivity index (χ0n) is 19.2. The number of anilines is 1. The molecule has 2 aromatic rings. The molecule has 5 amide bonds. The van der Waals surface area contributed by atoms with Gasteiger partial charge in [0.2, 0.25) is 0 Å². The zero-order chi connectivity index (χ0) is 24.7. The molecule has 0 aromatic heterocycles. The third-order valence-electron chi connectivity index (χ3n) is 7.05. The van der Waals surface area contributed by atoms with Gasteiger partial charge in [-0.05, 0) is 43.5 Å². The number of fused-ring (bicyclic) bond motifs is 2. The first kappa shape index (κ1) is 23.1. The molecule has 1 unspecified atom stereocenters. The Morgan fingerprint density at radius 1 is 1.14 bits per heavy atom. The monoisotopic (exact) mass is 484 g/mol. The Balaban J connectivity index is 1.31. The first-order chi connectivity index (χ1) is 16.8. The van der Waals surface area contributed by atoms with Gasteiger partial charge in [0.25, 0.3) is 5.91 Å². The highest BCUT2D eigenvalue weighted by Crippen LogP contribution is 2.44. The minimum absolute atomic E-state index is 0.0771. The number of piperidine rings is 1. The maximum atomic E-state index is 13.5. The summed E-state index contributed by atoms with van der Waals surface area (Å²) in [6, 6.07) is 12.5. The van der Waals surface area contributed by atoms with Gasteiger partial charge in [0.1, 0.15) is 11.3 Å². The highest BCUT2D eigenvalue weighted by Gasteiger charge is 2.59. The summed E-state index contributed by atoms with van der Waals surface area (Å²) in [5.74, 6) is -0.475. The Morgan fingerprint density at radius 2 is 1.86 bits per heavy atom. The highest BCUT2D eigenvalue weighted by molar-refractivity contribution is 6.07. The lowest BCUT2D eigenvalue weighted by molar-refractivity contribution is -0.134. The molecule has 0 radical (unpaired) electrons. The number of hydrogen-bond acceptors (Lipinski definition) is 4. The Hall–Kier alpha value is -3.69. The topological polar surface area (TPSA) is 91.0 Å². The fraction of sp³-hybridized carbons (Fsp3) is 0.400. The van der Waals surface area contributed by atoms with Crippen molar-refractivity contribution in [2.45, 2.75) is 63.4 Å². The van der Waals surface area contributed by atoms with Crippen LogP contribution in [0.4, 0.5) is 24.1 Å². The largest absolute Gasteiger partial charge is 0.434 e. The molecule has 3 fully saturated rings. The zero-order valence-corrected chi connectivity index (χ0v) is 19.2. The van der Waals surface area contributed by atoms with Gasteiger partial charge in [0.05, 0.1) is 6.54 Å². The lowest BCUT2D eigenvalue weighted by Gasteiger charge is -2.43. The van der Waals surface area contributed by atoms with E-state index in [2.05, 4.69) is 15.4 Å². The van der Waals surface area contributed by atoms with Crippen LogP contribution in [0.15, 0.2) is 48.5 Å². The van der Waals surface area contributed by atoms with Gasteiger partial charge in [-0.3, -0.25) is 9.69 Å². The number of ether oxygens (including phenoxy) is 1. The summed E-state index contributed by atoms with van der Waals surface area (Å²) in [6.45, 7) is -1.25. The number of hydrogen-bond donors (Lipinski definition) is 2. The smallest absolute Gasteiger partial charge is 0.387 e. The van der Waals surface area contributed by atoms with Crippen molar-refractivity contribution >= 4 is 23.7 Å². The van der Waals surface area contributed by atoms with E-state index in [1.807, 2.05) is 31.2 Å². The third kappa shape index (κ3) is 4.28. The molecule has 3 aliphatic rings. The minimum atomic E-state index is -3.02. The summed E-state index contributed by atoms with van der Waals surface area (Å²) in [7, 11) is 0. The molecule has 3 saturated heterocycles. The van der Waals surface area contributed by atoms with Crippen LogP contribution in [-0.2, 0) is 11.3 Å². The van der Waals surface area contributed by atoms with Gasteiger partial charge >= 0.3 is 18.7 Å². The molecule has 1 spiro atoms. The molecule has 3 aliphatic heterocycles. The van der Waals surface area contributed by atoms with Crippen LogP contribution < -0.4 is 15.4 Å². The van der Waals surface area contributed by atoms with Crippen LogP contribution >= 0.6 is 0 Å². The van der Waals surface area contributed by atoms with E-state index in [1.54, 1.807) is 23.1 Å². The molecule has 184 valence electrons. The van der Waals surface area contributed by atoms with Crippen LogP contribution in [-0.4, -0.2) is 52.0 Å². The molecule has 0 aliphatic carbocycles. The molecule has 10 heteroatoms. The minimum Gasteiger partial charge on any atom is -0.434 e.